The Hall–Kier alpha value is -0.830. The van der Waals surface area contributed by atoms with Crippen molar-refractivity contribution in [2.75, 3.05) is 0 Å². The highest BCUT2D eigenvalue weighted by molar-refractivity contribution is 5.02. The second kappa shape index (κ2) is 5.21. The maximum absolute atomic E-state index is 6.52. The maximum atomic E-state index is 6.52. The number of rotatable bonds is 4. The lowest BCUT2D eigenvalue weighted by Gasteiger charge is -2.37. The average Bonchev–Trinajstić information content (AvgIpc) is 2.68. The highest BCUT2D eigenvalue weighted by Crippen LogP contribution is 2.34. The van der Waals surface area contributed by atoms with Crippen molar-refractivity contribution in [1.29, 1.82) is 0 Å². The molecule has 3 nitrogen and oxygen atoms in total. The number of imidazole rings is 1. The van der Waals surface area contributed by atoms with E-state index >= 15 is 0 Å². The summed E-state index contributed by atoms with van der Waals surface area (Å²) in [6.07, 6.45) is 12.4. The van der Waals surface area contributed by atoms with Gasteiger partial charge in [-0.1, -0.05) is 19.8 Å². The van der Waals surface area contributed by atoms with Gasteiger partial charge in [0.2, 0.25) is 0 Å². The minimum atomic E-state index is -0.0106. The largest absolute Gasteiger partial charge is 0.338 e. The van der Waals surface area contributed by atoms with Crippen LogP contribution in [0.25, 0.3) is 0 Å². The molecule has 96 valence electrons. The third-order valence-electron chi connectivity index (χ3n) is 4.23. The highest BCUT2D eigenvalue weighted by atomic mass is 15.0. The Morgan fingerprint density at radius 1 is 1.47 bits per heavy atom. The summed E-state index contributed by atoms with van der Waals surface area (Å²) in [5, 5.41) is 0. The summed E-state index contributed by atoms with van der Waals surface area (Å²) >= 11 is 0. The van der Waals surface area contributed by atoms with Gasteiger partial charge in [-0.05, 0) is 31.6 Å². The summed E-state index contributed by atoms with van der Waals surface area (Å²) in [6.45, 7) is 2.28. The van der Waals surface area contributed by atoms with Crippen LogP contribution in [0.1, 0.15) is 51.3 Å². The smallest absolute Gasteiger partial charge is 0.110 e. The monoisotopic (exact) mass is 235 g/mol. The molecule has 1 fully saturated rings. The molecule has 0 bridgehead atoms. The van der Waals surface area contributed by atoms with Crippen LogP contribution >= 0.6 is 0 Å². The molecule has 0 saturated heterocycles. The van der Waals surface area contributed by atoms with Crippen LogP contribution in [0.3, 0.4) is 0 Å². The van der Waals surface area contributed by atoms with Crippen molar-refractivity contribution in [3.63, 3.8) is 0 Å². The summed E-state index contributed by atoms with van der Waals surface area (Å²) < 4.78 is 2.09. The van der Waals surface area contributed by atoms with Gasteiger partial charge in [0.25, 0.3) is 0 Å². The molecule has 1 saturated carbocycles. The van der Waals surface area contributed by atoms with Crippen molar-refractivity contribution in [3.05, 3.63) is 18.2 Å². The topological polar surface area (TPSA) is 43.8 Å². The Balaban J connectivity index is 1.91. The van der Waals surface area contributed by atoms with Gasteiger partial charge in [0.1, 0.15) is 5.82 Å². The quantitative estimate of drug-likeness (QED) is 0.872. The van der Waals surface area contributed by atoms with Crippen molar-refractivity contribution in [2.24, 2.45) is 18.7 Å². The van der Waals surface area contributed by atoms with E-state index in [4.69, 9.17) is 5.73 Å². The predicted molar refractivity (Wildman–Crippen MR) is 70.7 cm³/mol. The molecule has 0 spiro atoms. The molecule has 2 rings (SSSR count). The van der Waals surface area contributed by atoms with Gasteiger partial charge >= 0.3 is 0 Å². The lowest BCUT2D eigenvalue weighted by molar-refractivity contribution is 0.220. The van der Waals surface area contributed by atoms with Gasteiger partial charge in [0, 0.05) is 31.4 Å². The maximum Gasteiger partial charge on any atom is 0.110 e. The van der Waals surface area contributed by atoms with Crippen LogP contribution in [-0.4, -0.2) is 15.1 Å². The van der Waals surface area contributed by atoms with Crippen LogP contribution in [0.15, 0.2) is 12.4 Å². The fraction of sp³-hybridized carbons (Fsp3) is 0.786. The zero-order valence-corrected chi connectivity index (χ0v) is 11.2. The molecule has 2 N–H and O–H groups in total. The van der Waals surface area contributed by atoms with E-state index in [-0.39, 0.29) is 5.54 Å². The molecule has 1 aromatic heterocycles. The fourth-order valence-electron chi connectivity index (χ4n) is 3.01. The number of hydrogen-bond acceptors (Lipinski definition) is 2. The van der Waals surface area contributed by atoms with E-state index in [1.807, 2.05) is 12.4 Å². The molecule has 0 unspecified atom stereocenters. The van der Waals surface area contributed by atoms with Gasteiger partial charge in [0.05, 0.1) is 0 Å². The van der Waals surface area contributed by atoms with Crippen LogP contribution in [0.2, 0.25) is 0 Å². The van der Waals surface area contributed by atoms with Crippen molar-refractivity contribution in [2.45, 2.75) is 57.4 Å². The lowest BCUT2D eigenvalue weighted by atomic mass is 9.74. The fourth-order valence-corrected chi connectivity index (χ4v) is 3.01. The molecule has 0 atom stereocenters. The summed E-state index contributed by atoms with van der Waals surface area (Å²) in [4.78, 5) is 4.39. The van der Waals surface area contributed by atoms with E-state index in [2.05, 4.69) is 23.5 Å². The summed E-state index contributed by atoms with van der Waals surface area (Å²) in [5.74, 6) is 2.04. The SMILES string of the molecule is CCCC1CCC(N)(Cc2nccn2C)CC1. The van der Waals surface area contributed by atoms with E-state index in [1.165, 1.54) is 25.7 Å². The van der Waals surface area contributed by atoms with Gasteiger partial charge in [-0.3, -0.25) is 0 Å². The Bertz CT molecular complexity index is 348. The molecule has 3 heteroatoms. The Labute approximate surface area is 104 Å². The van der Waals surface area contributed by atoms with Gasteiger partial charge in [-0.15, -0.1) is 0 Å². The van der Waals surface area contributed by atoms with Crippen LogP contribution in [0.4, 0.5) is 0 Å². The molecule has 17 heavy (non-hydrogen) atoms. The molecule has 1 aromatic rings. The highest BCUT2D eigenvalue weighted by Gasteiger charge is 2.32. The zero-order chi connectivity index (χ0) is 12.3. The van der Waals surface area contributed by atoms with Gasteiger partial charge < -0.3 is 10.3 Å². The summed E-state index contributed by atoms with van der Waals surface area (Å²) in [6, 6.07) is 0. The van der Waals surface area contributed by atoms with Gasteiger partial charge in [-0.2, -0.15) is 0 Å². The first-order valence-corrected chi connectivity index (χ1v) is 6.88. The second-order valence-corrected chi connectivity index (χ2v) is 5.73. The number of hydrogen-bond donors (Lipinski definition) is 1. The average molecular weight is 235 g/mol. The molecule has 1 heterocycles. The summed E-state index contributed by atoms with van der Waals surface area (Å²) in [5.41, 5.74) is 6.51. The third-order valence-corrected chi connectivity index (χ3v) is 4.23. The Kier molecular flexibility index (Phi) is 3.87. The van der Waals surface area contributed by atoms with Gasteiger partial charge in [-0.25, -0.2) is 4.98 Å². The first kappa shape index (κ1) is 12.6. The molecule has 0 radical (unpaired) electrons. The number of aryl methyl sites for hydroxylation is 1. The normalized spacial score (nSPS) is 29.5. The number of nitrogens with two attached hydrogens (primary N) is 1. The standard InChI is InChI=1S/C14H25N3/c1-3-4-12-5-7-14(15,8-6-12)11-13-16-9-10-17(13)2/h9-10,12H,3-8,11,15H2,1-2H3. The van der Waals surface area contributed by atoms with Crippen LogP contribution in [-0.2, 0) is 13.5 Å². The summed E-state index contributed by atoms with van der Waals surface area (Å²) in [7, 11) is 2.05. The zero-order valence-electron chi connectivity index (χ0n) is 11.2. The molecule has 0 aromatic carbocycles. The van der Waals surface area contributed by atoms with Crippen molar-refractivity contribution >= 4 is 0 Å². The minimum absolute atomic E-state index is 0.0106. The van der Waals surface area contributed by atoms with E-state index < -0.39 is 0 Å². The first-order chi connectivity index (χ1) is 8.13. The molecular weight excluding hydrogens is 210 g/mol. The van der Waals surface area contributed by atoms with Gasteiger partial charge in [0.15, 0.2) is 0 Å². The van der Waals surface area contributed by atoms with E-state index in [1.54, 1.807) is 0 Å². The Morgan fingerprint density at radius 3 is 2.71 bits per heavy atom. The molecule has 0 aliphatic heterocycles. The molecular formula is C14H25N3. The van der Waals surface area contributed by atoms with Crippen LogP contribution < -0.4 is 5.73 Å². The molecule has 0 amide bonds. The minimum Gasteiger partial charge on any atom is -0.338 e. The molecule has 1 aliphatic rings. The van der Waals surface area contributed by atoms with Crippen LogP contribution in [0, 0.1) is 5.92 Å². The number of aromatic nitrogens is 2. The third kappa shape index (κ3) is 3.09. The van der Waals surface area contributed by atoms with Crippen LogP contribution in [0.5, 0.6) is 0 Å². The number of nitrogens with zero attached hydrogens (tertiary/aromatic N) is 2. The second-order valence-electron chi connectivity index (χ2n) is 5.73. The lowest BCUT2D eigenvalue weighted by Crippen LogP contribution is -2.45. The van der Waals surface area contributed by atoms with E-state index in [0.29, 0.717) is 0 Å². The predicted octanol–water partition coefficient (Wildman–Crippen LogP) is 2.65. The van der Waals surface area contributed by atoms with Crippen molar-refractivity contribution in [3.8, 4) is 0 Å². The van der Waals surface area contributed by atoms with E-state index in [9.17, 15) is 0 Å². The Morgan fingerprint density at radius 2 is 2.18 bits per heavy atom. The first-order valence-electron chi connectivity index (χ1n) is 6.88. The molecule has 1 aliphatic carbocycles. The van der Waals surface area contributed by atoms with Crippen molar-refractivity contribution in [1.82, 2.24) is 9.55 Å². The van der Waals surface area contributed by atoms with E-state index in [0.717, 1.165) is 31.0 Å². The van der Waals surface area contributed by atoms with Crippen molar-refractivity contribution < 1.29 is 0 Å².